The van der Waals surface area contributed by atoms with Crippen LogP contribution in [0.1, 0.15) is 30.5 Å². The van der Waals surface area contributed by atoms with E-state index < -0.39 is 5.60 Å². The average molecular weight is 266 g/mol. The van der Waals surface area contributed by atoms with Crippen LogP contribution in [0, 0.1) is 6.92 Å². The second kappa shape index (κ2) is 5.86. The van der Waals surface area contributed by atoms with Gasteiger partial charge < -0.3 is 19.9 Å². The van der Waals surface area contributed by atoms with E-state index in [1.54, 1.807) is 6.20 Å². The third-order valence-corrected chi connectivity index (χ3v) is 3.44. The summed E-state index contributed by atoms with van der Waals surface area (Å²) in [6.07, 6.45) is 1.79. The number of hydrogen-bond acceptors (Lipinski definition) is 5. The largest absolute Gasteiger partial charge is 0.383 e. The predicted molar refractivity (Wildman–Crippen MR) is 72.8 cm³/mol. The Morgan fingerprint density at radius 3 is 2.47 bits per heavy atom. The van der Waals surface area contributed by atoms with Crippen LogP contribution in [0.5, 0.6) is 0 Å². The summed E-state index contributed by atoms with van der Waals surface area (Å²) in [6, 6.07) is 0. The molecule has 3 heterocycles. The van der Waals surface area contributed by atoms with Crippen LogP contribution in [0.25, 0.3) is 0 Å². The summed E-state index contributed by atoms with van der Waals surface area (Å²) in [4.78, 5) is 4.17. The number of rotatable bonds is 0. The SMILES string of the molecule is CC.Cc1c(N)ncc2c1C1(COCCOC1)OC2. The van der Waals surface area contributed by atoms with Gasteiger partial charge in [-0.15, -0.1) is 0 Å². The van der Waals surface area contributed by atoms with Crippen molar-refractivity contribution in [1.29, 1.82) is 0 Å². The molecule has 5 heteroatoms. The van der Waals surface area contributed by atoms with E-state index >= 15 is 0 Å². The minimum absolute atomic E-state index is 0.493. The number of aromatic nitrogens is 1. The van der Waals surface area contributed by atoms with Gasteiger partial charge in [-0.05, 0) is 12.5 Å². The molecule has 0 aromatic carbocycles. The van der Waals surface area contributed by atoms with Gasteiger partial charge in [0.15, 0.2) is 0 Å². The van der Waals surface area contributed by atoms with Crippen molar-refractivity contribution in [3.63, 3.8) is 0 Å². The molecule has 3 rings (SSSR count). The van der Waals surface area contributed by atoms with Gasteiger partial charge in [0.1, 0.15) is 11.4 Å². The van der Waals surface area contributed by atoms with E-state index in [1.807, 2.05) is 20.8 Å². The molecule has 0 aliphatic carbocycles. The first-order chi connectivity index (χ1) is 9.23. The second-order valence-corrected chi connectivity index (χ2v) is 4.56. The summed E-state index contributed by atoms with van der Waals surface area (Å²) in [7, 11) is 0. The summed E-state index contributed by atoms with van der Waals surface area (Å²) in [5.41, 5.74) is 8.55. The van der Waals surface area contributed by atoms with Crippen LogP contribution >= 0.6 is 0 Å². The lowest BCUT2D eigenvalue weighted by Crippen LogP contribution is -2.35. The summed E-state index contributed by atoms with van der Waals surface area (Å²) in [5.74, 6) is 0.554. The molecule has 1 saturated heterocycles. The number of anilines is 1. The van der Waals surface area contributed by atoms with Gasteiger partial charge in [-0.3, -0.25) is 0 Å². The van der Waals surface area contributed by atoms with Crippen LogP contribution < -0.4 is 5.73 Å². The topological polar surface area (TPSA) is 66.6 Å². The molecule has 2 aliphatic heterocycles. The third-order valence-electron chi connectivity index (χ3n) is 3.44. The van der Waals surface area contributed by atoms with Crippen LogP contribution in [0.2, 0.25) is 0 Å². The number of nitrogens with two attached hydrogens (primary N) is 1. The molecule has 0 atom stereocenters. The standard InChI is InChI=1S/C12H16N2O3.C2H6/c1-8-10-9(4-14-11(8)13)5-17-12(10)6-15-2-3-16-7-12;1-2/h4H,2-3,5-7H2,1H3,(H2,13,14);1-2H3. The Bertz CT molecular complexity index is 441. The lowest BCUT2D eigenvalue weighted by Gasteiger charge is -2.28. The van der Waals surface area contributed by atoms with E-state index in [1.165, 1.54) is 0 Å². The summed E-state index contributed by atoms with van der Waals surface area (Å²) >= 11 is 0. The quantitative estimate of drug-likeness (QED) is 0.775. The molecule has 2 N–H and O–H groups in total. The molecule has 106 valence electrons. The highest BCUT2D eigenvalue weighted by atomic mass is 16.6. The highest BCUT2D eigenvalue weighted by Crippen LogP contribution is 2.40. The molecule has 1 aromatic rings. The number of nitrogen functional groups attached to an aromatic ring is 1. The van der Waals surface area contributed by atoms with Crippen LogP contribution in [-0.4, -0.2) is 31.4 Å². The van der Waals surface area contributed by atoms with Gasteiger partial charge >= 0.3 is 0 Å². The van der Waals surface area contributed by atoms with E-state index in [-0.39, 0.29) is 0 Å². The van der Waals surface area contributed by atoms with Crippen LogP contribution in [-0.2, 0) is 26.4 Å². The van der Waals surface area contributed by atoms with E-state index in [9.17, 15) is 0 Å². The maximum Gasteiger partial charge on any atom is 0.141 e. The molecular formula is C14H22N2O3. The first kappa shape index (κ1) is 14.2. The Labute approximate surface area is 114 Å². The second-order valence-electron chi connectivity index (χ2n) is 4.56. The maximum atomic E-state index is 5.92. The maximum absolute atomic E-state index is 5.92. The minimum Gasteiger partial charge on any atom is -0.383 e. The zero-order valence-electron chi connectivity index (χ0n) is 11.9. The summed E-state index contributed by atoms with van der Waals surface area (Å²) in [6.45, 7) is 8.79. The monoisotopic (exact) mass is 266 g/mol. The Morgan fingerprint density at radius 1 is 1.21 bits per heavy atom. The normalized spacial score (nSPS) is 20.4. The van der Waals surface area contributed by atoms with Crippen molar-refractivity contribution in [2.75, 3.05) is 32.2 Å². The third kappa shape index (κ3) is 2.45. The molecule has 1 spiro atoms. The molecule has 5 nitrogen and oxygen atoms in total. The Morgan fingerprint density at radius 2 is 1.84 bits per heavy atom. The van der Waals surface area contributed by atoms with E-state index in [2.05, 4.69) is 4.98 Å². The highest BCUT2D eigenvalue weighted by molar-refractivity contribution is 5.51. The van der Waals surface area contributed by atoms with Gasteiger partial charge in [-0.2, -0.15) is 0 Å². The van der Waals surface area contributed by atoms with Crippen molar-refractivity contribution in [3.05, 3.63) is 22.9 Å². The molecule has 0 unspecified atom stereocenters. The Hall–Kier alpha value is -1.17. The molecule has 2 aliphatic rings. The summed E-state index contributed by atoms with van der Waals surface area (Å²) < 4.78 is 17.1. The lowest BCUT2D eigenvalue weighted by molar-refractivity contribution is -0.104. The van der Waals surface area contributed by atoms with Gasteiger partial charge in [-0.25, -0.2) is 4.98 Å². The zero-order chi connectivity index (χ0) is 13.9. The van der Waals surface area contributed by atoms with Gasteiger partial charge in [0.05, 0.1) is 33.0 Å². The minimum atomic E-state index is -0.493. The van der Waals surface area contributed by atoms with Crippen molar-refractivity contribution in [1.82, 2.24) is 4.98 Å². The summed E-state index contributed by atoms with van der Waals surface area (Å²) in [5, 5.41) is 0. The molecule has 0 radical (unpaired) electrons. The molecule has 0 bridgehead atoms. The number of pyridine rings is 1. The first-order valence-corrected chi connectivity index (χ1v) is 6.77. The first-order valence-electron chi connectivity index (χ1n) is 6.77. The van der Waals surface area contributed by atoms with Gasteiger partial charge in [0.25, 0.3) is 0 Å². The average Bonchev–Trinajstić information content (AvgIpc) is 2.63. The predicted octanol–water partition coefficient (Wildman–Crippen LogP) is 1.77. The van der Waals surface area contributed by atoms with E-state index in [4.69, 9.17) is 19.9 Å². The Balaban J connectivity index is 0.000000637. The molecule has 0 saturated carbocycles. The smallest absolute Gasteiger partial charge is 0.141 e. The lowest BCUT2D eigenvalue weighted by atomic mass is 9.91. The van der Waals surface area contributed by atoms with Crippen molar-refractivity contribution in [2.45, 2.75) is 33.0 Å². The van der Waals surface area contributed by atoms with Crippen LogP contribution in [0.15, 0.2) is 6.20 Å². The molecule has 1 fully saturated rings. The van der Waals surface area contributed by atoms with Crippen LogP contribution in [0.4, 0.5) is 5.82 Å². The fourth-order valence-corrected chi connectivity index (χ4v) is 2.57. The fraction of sp³-hybridized carbons (Fsp3) is 0.643. The molecule has 19 heavy (non-hydrogen) atoms. The van der Waals surface area contributed by atoms with E-state index in [0.717, 1.165) is 16.7 Å². The highest BCUT2D eigenvalue weighted by Gasteiger charge is 2.43. The zero-order valence-corrected chi connectivity index (χ0v) is 11.9. The van der Waals surface area contributed by atoms with Gasteiger partial charge in [-0.1, -0.05) is 13.8 Å². The number of hydrogen-bond donors (Lipinski definition) is 1. The number of nitrogens with zero attached hydrogens (tertiary/aromatic N) is 1. The molecular weight excluding hydrogens is 244 g/mol. The molecule has 0 amide bonds. The fourth-order valence-electron chi connectivity index (χ4n) is 2.57. The van der Waals surface area contributed by atoms with Crippen molar-refractivity contribution in [2.24, 2.45) is 0 Å². The van der Waals surface area contributed by atoms with Crippen molar-refractivity contribution in [3.8, 4) is 0 Å². The Kier molecular flexibility index (Phi) is 4.39. The van der Waals surface area contributed by atoms with Crippen molar-refractivity contribution >= 4 is 5.82 Å². The number of ether oxygens (including phenoxy) is 3. The molecule has 1 aromatic heterocycles. The van der Waals surface area contributed by atoms with Gasteiger partial charge in [0, 0.05) is 17.3 Å². The number of fused-ring (bicyclic) bond motifs is 2. The van der Waals surface area contributed by atoms with Crippen molar-refractivity contribution < 1.29 is 14.2 Å². The van der Waals surface area contributed by atoms with Gasteiger partial charge in [0.2, 0.25) is 0 Å². The van der Waals surface area contributed by atoms with E-state index in [0.29, 0.717) is 38.9 Å². The van der Waals surface area contributed by atoms with Crippen LogP contribution in [0.3, 0.4) is 0 Å².